The van der Waals surface area contributed by atoms with Crippen LogP contribution in [0.5, 0.6) is 0 Å². The zero-order valence-corrected chi connectivity index (χ0v) is 7.00. The van der Waals surface area contributed by atoms with E-state index in [0.717, 1.165) is 0 Å². The largest absolute Gasteiger partial charge is 0.355 e. The quantitative estimate of drug-likeness (QED) is 0.555. The van der Waals surface area contributed by atoms with Gasteiger partial charge in [0.05, 0.1) is 13.1 Å². The lowest BCUT2D eigenvalue weighted by molar-refractivity contribution is -0.00324. The Bertz CT molecular complexity index is 264. The average Bonchev–Trinajstić information content (AvgIpc) is 2.31. The number of hydrogen-bond donors (Lipinski definition) is 1. The maximum absolute atomic E-state index is 12.8. The molecule has 0 aliphatic carbocycles. The monoisotopic (exact) mass is 191 g/mol. The highest BCUT2D eigenvalue weighted by atomic mass is 32.1. The number of halogens is 2. The summed E-state index contributed by atoms with van der Waals surface area (Å²) in [4.78, 5) is 5.10. The van der Waals surface area contributed by atoms with Crippen LogP contribution >= 0.6 is 12.2 Å². The molecule has 1 saturated heterocycles. The van der Waals surface area contributed by atoms with Crippen LogP contribution in [0.15, 0.2) is 4.99 Å². The van der Waals surface area contributed by atoms with Crippen LogP contribution in [0.3, 0.4) is 0 Å². The minimum Gasteiger partial charge on any atom is -0.355 e. The number of aliphatic imine (C=N–C) groups is 1. The van der Waals surface area contributed by atoms with Crippen LogP contribution < -0.4 is 5.32 Å². The number of thiocarbonyl (C=S) groups is 1. The number of hydrogen-bond acceptors (Lipinski definition) is 2. The lowest BCUT2D eigenvalue weighted by Gasteiger charge is -2.27. The van der Waals surface area contributed by atoms with E-state index in [-0.39, 0.29) is 6.54 Å². The highest BCUT2D eigenvalue weighted by Crippen LogP contribution is 2.22. The normalized spacial score (nSPS) is 26.3. The summed E-state index contributed by atoms with van der Waals surface area (Å²) >= 11 is 4.82. The lowest BCUT2D eigenvalue weighted by Crippen LogP contribution is -2.46. The van der Waals surface area contributed by atoms with E-state index in [0.29, 0.717) is 17.5 Å². The molecule has 0 spiro atoms. The molecule has 2 heterocycles. The summed E-state index contributed by atoms with van der Waals surface area (Å²) in [6.45, 7) is -0.268. The van der Waals surface area contributed by atoms with Crippen LogP contribution in [0.2, 0.25) is 0 Å². The fraction of sp³-hybridized carbons (Fsp3) is 0.667. The molecule has 3 nitrogen and oxygen atoms in total. The number of fused-ring (bicyclic) bond motifs is 1. The predicted molar refractivity (Wildman–Crippen MR) is 44.6 cm³/mol. The Kier molecular flexibility index (Phi) is 1.54. The number of rotatable bonds is 0. The Balaban J connectivity index is 2.25. The third kappa shape index (κ3) is 1.16. The molecule has 2 aliphatic rings. The second-order valence-corrected chi connectivity index (χ2v) is 3.22. The van der Waals surface area contributed by atoms with Gasteiger partial charge < -0.3 is 5.32 Å². The van der Waals surface area contributed by atoms with Gasteiger partial charge in [0.15, 0.2) is 5.11 Å². The fourth-order valence-electron chi connectivity index (χ4n) is 1.26. The van der Waals surface area contributed by atoms with Crippen LogP contribution in [-0.4, -0.2) is 41.4 Å². The summed E-state index contributed by atoms with van der Waals surface area (Å²) < 4.78 is 25.6. The second-order valence-electron chi connectivity index (χ2n) is 2.83. The van der Waals surface area contributed by atoms with Crippen molar-refractivity contribution in [2.75, 3.05) is 19.6 Å². The van der Waals surface area contributed by atoms with Crippen LogP contribution in [-0.2, 0) is 0 Å². The molecular formula is C6H7F2N3S. The first-order valence-corrected chi connectivity index (χ1v) is 3.96. The maximum Gasteiger partial charge on any atom is 0.284 e. The van der Waals surface area contributed by atoms with Gasteiger partial charge in [0.25, 0.3) is 5.92 Å². The molecule has 6 heteroatoms. The average molecular weight is 191 g/mol. The van der Waals surface area contributed by atoms with E-state index in [2.05, 4.69) is 10.3 Å². The molecule has 0 saturated carbocycles. The Hall–Kier alpha value is -0.780. The number of nitrogens with zero attached hydrogens (tertiary/aromatic N) is 2. The molecule has 66 valence electrons. The summed E-state index contributed by atoms with van der Waals surface area (Å²) in [5.74, 6) is -2.11. The van der Waals surface area contributed by atoms with Gasteiger partial charge in [0.1, 0.15) is 12.4 Å². The smallest absolute Gasteiger partial charge is 0.284 e. The van der Waals surface area contributed by atoms with E-state index < -0.39 is 12.5 Å². The van der Waals surface area contributed by atoms with E-state index in [1.54, 1.807) is 0 Å². The van der Waals surface area contributed by atoms with E-state index in [1.165, 1.54) is 4.90 Å². The van der Waals surface area contributed by atoms with E-state index in [9.17, 15) is 8.78 Å². The molecule has 1 fully saturated rings. The summed E-state index contributed by atoms with van der Waals surface area (Å²) in [6.07, 6.45) is 0. The van der Waals surface area contributed by atoms with Crippen molar-refractivity contribution in [3.8, 4) is 0 Å². The first-order chi connectivity index (χ1) is 5.58. The van der Waals surface area contributed by atoms with Crippen LogP contribution in [0.25, 0.3) is 0 Å². The minimum absolute atomic E-state index is 0.336. The van der Waals surface area contributed by atoms with Crippen LogP contribution in [0.4, 0.5) is 8.78 Å². The summed E-state index contributed by atoms with van der Waals surface area (Å²) in [7, 11) is 0. The van der Waals surface area contributed by atoms with Crippen molar-refractivity contribution in [1.29, 1.82) is 0 Å². The highest BCUT2D eigenvalue weighted by molar-refractivity contribution is 7.80. The Morgan fingerprint density at radius 1 is 1.58 bits per heavy atom. The van der Waals surface area contributed by atoms with Gasteiger partial charge >= 0.3 is 0 Å². The number of alkyl halides is 2. The van der Waals surface area contributed by atoms with Crippen molar-refractivity contribution in [3.63, 3.8) is 0 Å². The van der Waals surface area contributed by atoms with Crippen molar-refractivity contribution in [1.82, 2.24) is 10.2 Å². The van der Waals surface area contributed by atoms with Crippen molar-refractivity contribution in [3.05, 3.63) is 0 Å². The molecule has 1 N–H and O–H groups in total. The number of nitrogens with one attached hydrogen (secondary N) is 1. The molecule has 2 aliphatic heterocycles. The molecule has 0 aromatic carbocycles. The SMILES string of the molecule is FC1(F)CN=C2CNC(=S)N2C1. The molecule has 0 aromatic heterocycles. The molecule has 0 radical (unpaired) electrons. The molecule has 0 unspecified atom stereocenters. The molecule has 0 atom stereocenters. The van der Waals surface area contributed by atoms with Gasteiger partial charge in [0.2, 0.25) is 0 Å². The first-order valence-electron chi connectivity index (χ1n) is 3.55. The summed E-state index contributed by atoms with van der Waals surface area (Å²) in [5.41, 5.74) is 0. The molecule has 12 heavy (non-hydrogen) atoms. The van der Waals surface area contributed by atoms with Gasteiger partial charge in [-0.3, -0.25) is 9.89 Å². The predicted octanol–water partition coefficient (Wildman–Crippen LogP) is 0.224. The minimum atomic E-state index is -2.74. The molecule has 0 aromatic rings. The molecule has 0 bridgehead atoms. The molecule has 2 rings (SSSR count). The van der Waals surface area contributed by atoms with Gasteiger partial charge in [-0.25, -0.2) is 8.78 Å². The topological polar surface area (TPSA) is 27.6 Å². The van der Waals surface area contributed by atoms with E-state index in [4.69, 9.17) is 12.2 Å². The Morgan fingerprint density at radius 2 is 2.33 bits per heavy atom. The van der Waals surface area contributed by atoms with Crippen molar-refractivity contribution < 1.29 is 8.78 Å². The standard InChI is InChI=1S/C6H7F2N3S/c7-6(8)2-10-4-1-9-5(12)11(4)3-6/h1-3H2,(H,9,12). The van der Waals surface area contributed by atoms with Crippen LogP contribution in [0.1, 0.15) is 0 Å². The third-order valence-corrected chi connectivity index (χ3v) is 2.20. The number of amidine groups is 1. The van der Waals surface area contributed by atoms with Gasteiger partial charge in [-0.1, -0.05) is 0 Å². The summed E-state index contributed by atoms with van der Waals surface area (Å²) in [5, 5.41) is 3.15. The Labute approximate surface area is 73.4 Å². The summed E-state index contributed by atoms with van der Waals surface area (Å²) in [6, 6.07) is 0. The van der Waals surface area contributed by atoms with E-state index >= 15 is 0 Å². The zero-order chi connectivity index (χ0) is 8.77. The van der Waals surface area contributed by atoms with Gasteiger partial charge in [0, 0.05) is 0 Å². The van der Waals surface area contributed by atoms with E-state index in [1.807, 2.05) is 0 Å². The van der Waals surface area contributed by atoms with Crippen molar-refractivity contribution >= 4 is 23.2 Å². The fourth-order valence-corrected chi connectivity index (χ4v) is 1.50. The maximum atomic E-state index is 12.8. The molecule has 0 amide bonds. The van der Waals surface area contributed by atoms with Crippen LogP contribution in [0, 0.1) is 0 Å². The van der Waals surface area contributed by atoms with Gasteiger partial charge in [-0.05, 0) is 12.2 Å². The van der Waals surface area contributed by atoms with Crippen molar-refractivity contribution in [2.24, 2.45) is 4.99 Å². The van der Waals surface area contributed by atoms with Gasteiger partial charge in [-0.2, -0.15) is 0 Å². The first kappa shape index (κ1) is 7.85. The lowest BCUT2D eigenvalue weighted by atomic mass is 10.2. The second kappa shape index (κ2) is 2.35. The Morgan fingerprint density at radius 3 is 3.08 bits per heavy atom. The highest BCUT2D eigenvalue weighted by Gasteiger charge is 2.40. The van der Waals surface area contributed by atoms with Crippen molar-refractivity contribution in [2.45, 2.75) is 5.92 Å². The third-order valence-electron chi connectivity index (χ3n) is 1.84. The zero-order valence-electron chi connectivity index (χ0n) is 6.18. The molecular weight excluding hydrogens is 184 g/mol. The van der Waals surface area contributed by atoms with Gasteiger partial charge in [-0.15, -0.1) is 0 Å².